The van der Waals surface area contributed by atoms with Crippen LogP contribution in [0.2, 0.25) is 0 Å². The number of amides is 2. The first-order valence-electron chi connectivity index (χ1n) is 8.47. The van der Waals surface area contributed by atoms with Crippen molar-refractivity contribution in [3.63, 3.8) is 0 Å². The fourth-order valence-corrected chi connectivity index (χ4v) is 2.86. The van der Waals surface area contributed by atoms with Crippen molar-refractivity contribution in [2.75, 3.05) is 10.6 Å². The molecule has 2 heterocycles. The van der Waals surface area contributed by atoms with Crippen LogP contribution in [-0.2, 0) is 6.54 Å². The van der Waals surface area contributed by atoms with E-state index in [0.717, 1.165) is 24.4 Å². The average Bonchev–Trinajstić information content (AvgIpc) is 2.63. The van der Waals surface area contributed by atoms with Gasteiger partial charge in [-0.25, -0.2) is 9.78 Å². The first-order chi connectivity index (χ1) is 11.8. The van der Waals surface area contributed by atoms with Crippen molar-refractivity contribution in [2.24, 2.45) is 0 Å². The maximum atomic E-state index is 12.0. The Morgan fingerprint density at radius 1 is 1.08 bits per heavy atom. The molecule has 3 N–H and O–H groups in total. The third-order valence-corrected chi connectivity index (χ3v) is 4.14. The second-order valence-electron chi connectivity index (χ2n) is 6.04. The van der Waals surface area contributed by atoms with Crippen LogP contribution in [0.5, 0.6) is 0 Å². The van der Waals surface area contributed by atoms with Crippen LogP contribution < -0.4 is 16.0 Å². The molecule has 0 bridgehead atoms. The Balaban J connectivity index is 1.46. The Hall–Kier alpha value is -2.63. The van der Waals surface area contributed by atoms with Gasteiger partial charge in [-0.05, 0) is 37.1 Å². The van der Waals surface area contributed by atoms with E-state index < -0.39 is 0 Å². The number of carbonyl (C=O) groups excluding carboxylic acids is 1. The van der Waals surface area contributed by atoms with Gasteiger partial charge in [0.1, 0.15) is 5.82 Å². The van der Waals surface area contributed by atoms with Crippen LogP contribution in [0.3, 0.4) is 0 Å². The van der Waals surface area contributed by atoms with Crippen molar-refractivity contribution in [3.8, 4) is 0 Å². The number of hydrogen-bond acceptors (Lipinski definition) is 4. The summed E-state index contributed by atoms with van der Waals surface area (Å²) in [6.45, 7) is 0.614. The third-order valence-electron chi connectivity index (χ3n) is 4.14. The van der Waals surface area contributed by atoms with E-state index >= 15 is 0 Å². The minimum Gasteiger partial charge on any atom is -0.364 e. The highest BCUT2D eigenvalue weighted by Gasteiger charge is 2.15. The zero-order valence-electron chi connectivity index (χ0n) is 13.7. The number of urea groups is 1. The third kappa shape index (κ3) is 4.94. The van der Waals surface area contributed by atoms with Gasteiger partial charge < -0.3 is 16.0 Å². The molecule has 2 amide bonds. The molecule has 0 atom stereocenters. The lowest BCUT2D eigenvalue weighted by molar-refractivity contribution is 0.244. The number of carbonyl (C=O) groups is 1. The summed E-state index contributed by atoms with van der Waals surface area (Å²) in [4.78, 5) is 20.6. The number of aromatic nitrogens is 2. The van der Waals surface area contributed by atoms with Gasteiger partial charge in [-0.3, -0.25) is 4.98 Å². The minimum absolute atomic E-state index is 0.155. The summed E-state index contributed by atoms with van der Waals surface area (Å²) >= 11 is 0. The summed E-state index contributed by atoms with van der Waals surface area (Å²) < 4.78 is 0. The van der Waals surface area contributed by atoms with Gasteiger partial charge in [0.05, 0.1) is 24.1 Å². The average molecular weight is 325 g/mol. The van der Waals surface area contributed by atoms with Crippen molar-refractivity contribution in [1.29, 1.82) is 0 Å². The Labute approximate surface area is 142 Å². The van der Waals surface area contributed by atoms with E-state index in [-0.39, 0.29) is 6.03 Å². The molecule has 1 saturated carbocycles. The van der Waals surface area contributed by atoms with Gasteiger partial charge in [0.25, 0.3) is 0 Å². The number of nitrogens with one attached hydrogen (secondary N) is 3. The second kappa shape index (κ2) is 8.29. The Kier molecular flexibility index (Phi) is 5.61. The quantitative estimate of drug-likeness (QED) is 0.785. The largest absolute Gasteiger partial charge is 0.364 e. The van der Waals surface area contributed by atoms with Gasteiger partial charge in [-0.15, -0.1) is 0 Å². The predicted molar refractivity (Wildman–Crippen MR) is 94.8 cm³/mol. The van der Waals surface area contributed by atoms with Crippen molar-refractivity contribution < 1.29 is 4.79 Å². The molecule has 126 valence electrons. The fraction of sp³-hybridized carbons (Fsp3) is 0.389. The maximum absolute atomic E-state index is 12.0. The Bertz CT molecular complexity index is 638. The first-order valence-corrected chi connectivity index (χ1v) is 8.47. The first kappa shape index (κ1) is 16.2. The molecule has 24 heavy (non-hydrogen) atoms. The number of hydrogen-bond donors (Lipinski definition) is 3. The van der Waals surface area contributed by atoms with Gasteiger partial charge in [-0.1, -0.05) is 25.3 Å². The van der Waals surface area contributed by atoms with Crippen LogP contribution in [0, 0.1) is 0 Å². The number of pyridine rings is 2. The van der Waals surface area contributed by atoms with Gasteiger partial charge in [0, 0.05) is 12.2 Å². The number of rotatable bonds is 5. The second-order valence-corrected chi connectivity index (χ2v) is 6.04. The molecule has 0 radical (unpaired) electrons. The van der Waals surface area contributed by atoms with Crippen molar-refractivity contribution >= 4 is 17.5 Å². The van der Waals surface area contributed by atoms with E-state index in [1.807, 2.05) is 30.3 Å². The van der Waals surface area contributed by atoms with Crippen LogP contribution in [-0.4, -0.2) is 22.0 Å². The monoisotopic (exact) mass is 325 g/mol. The molecule has 0 aromatic carbocycles. The van der Waals surface area contributed by atoms with Crippen LogP contribution in [0.25, 0.3) is 0 Å². The summed E-state index contributed by atoms with van der Waals surface area (Å²) in [6, 6.07) is 9.63. The zero-order chi connectivity index (χ0) is 16.6. The highest BCUT2D eigenvalue weighted by Crippen LogP contribution is 2.17. The smallest absolute Gasteiger partial charge is 0.319 e. The lowest BCUT2D eigenvalue weighted by Crippen LogP contribution is -2.39. The van der Waals surface area contributed by atoms with E-state index in [4.69, 9.17) is 0 Å². The molecule has 0 unspecified atom stereocenters. The zero-order valence-corrected chi connectivity index (χ0v) is 13.7. The molecule has 6 nitrogen and oxygen atoms in total. The molecule has 2 aromatic heterocycles. The standard InChI is InChI=1S/C18H23N5O/c24-18(22-14-6-2-1-3-7-14)23-16-9-10-17(21-13-16)20-12-15-8-4-5-11-19-15/h4-5,8-11,13-14H,1-3,6-7,12H2,(H,20,21)(H2,22,23,24). The summed E-state index contributed by atoms with van der Waals surface area (Å²) in [5.41, 5.74) is 1.64. The number of anilines is 2. The molecule has 0 saturated heterocycles. The molecule has 0 aliphatic heterocycles. The van der Waals surface area contributed by atoms with Crippen LogP contribution >= 0.6 is 0 Å². The summed E-state index contributed by atoms with van der Waals surface area (Å²) in [6.07, 6.45) is 9.23. The van der Waals surface area contributed by atoms with E-state index in [1.54, 1.807) is 12.4 Å². The van der Waals surface area contributed by atoms with Crippen LogP contribution in [0.4, 0.5) is 16.3 Å². The molecular weight excluding hydrogens is 302 g/mol. The van der Waals surface area contributed by atoms with Crippen LogP contribution in [0.1, 0.15) is 37.8 Å². The van der Waals surface area contributed by atoms with Gasteiger partial charge in [-0.2, -0.15) is 0 Å². The lowest BCUT2D eigenvalue weighted by Gasteiger charge is -2.22. The Morgan fingerprint density at radius 2 is 1.96 bits per heavy atom. The van der Waals surface area contributed by atoms with E-state index in [9.17, 15) is 4.79 Å². The van der Waals surface area contributed by atoms with E-state index in [2.05, 4.69) is 25.9 Å². The Morgan fingerprint density at radius 3 is 2.67 bits per heavy atom. The summed E-state index contributed by atoms with van der Waals surface area (Å²) in [7, 11) is 0. The van der Waals surface area contributed by atoms with E-state index in [0.29, 0.717) is 18.3 Å². The molecule has 3 rings (SSSR count). The molecule has 1 aliphatic carbocycles. The molecular formula is C18H23N5O. The highest BCUT2D eigenvalue weighted by atomic mass is 16.2. The molecule has 0 spiro atoms. The molecule has 1 fully saturated rings. The summed E-state index contributed by atoms with van der Waals surface area (Å²) in [5.74, 6) is 0.749. The van der Waals surface area contributed by atoms with Gasteiger partial charge in [0.15, 0.2) is 0 Å². The highest BCUT2D eigenvalue weighted by molar-refractivity contribution is 5.89. The molecule has 6 heteroatoms. The number of nitrogens with zero attached hydrogens (tertiary/aromatic N) is 2. The predicted octanol–water partition coefficient (Wildman–Crippen LogP) is 3.54. The van der Waals surface area contributed by atoms with E-state index in [1.165, 1.54) is 19.3 Å². The SMILES string of the molecule is O=C(Nc1ccc(NCc2ccccn2)nc1)NC1CCCCC1. The fourth-order valence-electron chi connectivity index (χ4n) is 2.86. The lowest BCUT2D eigenvalue weighted by atomic mass is 9.96. The van der Waals surface area contributed by atoms with Crippen molar-refractivity contribution in [2.45, 2.75) is 44.7 Å². The van der Waals surface area contributed by atoms with Gasteiger partial charge >= 0.3 is 6.03 Å². The van der Waals surface area contributed by atoms with Crippen LogP contribution in [0.15, 0.2) is 42.7 Å². The molecule has 1 aliphatic rings. The minimum atomic E-state index is -0.155. The normalized spacial score (nSPS) is 14.8. The van der Waals surface area contributed by atoms with Gasteiger partial charge in [0.2, 0.25) is 0 Å². The topological polar surface area (TPSA) is 78.9 Å². The van der Waals surface area contributed by atoms with Crippen molar-refractivity contribution in [1.82, 2.24) is 15.3 Å². The van der Waals surface area contributed by atoms with Crippen molar-refractivity contribution in [3.05, 3.63) is 48.4 Å². The maximum Gasteiger partial charge on any atom is 0.319 e. The summed E-state index contributed by atoms with van der Waals surface area (Å²) in [5, 5.41) is 9.07. The molecule has 2 aromatic rings.